The average molecular weight is 479 g/mol. The molecule has 1 aliphatic rings. The Labute approximate surface area is 198 Å². The maximum atomic E-state index is 13.4. The van der Waals surface area contributed by atoms with Crippen molar-refractivity contribution in [1.82, 2.24) is 19.3 Å². The van der Waals surface area contributed by atoms with E-state index >= 15 is 0 Å². The van der Waals surface area contributed by atoms with Crippen LogP contribution in [-0.4, -0.2) is 29.5 Å². The van der Waals surface area contributed by atoms with Crippen LogP contribution in [0.25, 0.3) is 22.6 Å². The van der Waals surface area contributed by atoms with Gasteiger partial charge < -0.3 is 4.57 Å². The highest BCUT2D eigenvalue weighted by Gasteiger charge is 2.19. The Bertz CT molecular complexity index is 1380. The summed E-state index contributed by atoms with van der Waals surface area (Å²) >= 11 is 0. The van der Waals surface area contributed by atoms with E-state index in [-0.39, 0.29) is 17.3 Å². The molecule has 2 aromatic heterocycles. The fourth-order valence-corrected chi connectivity index (χ4v) is 5.74. The van der Waals surface area contributed by atoms with Crippen LogP contribution in [-0.2, 0) is 16.6 Å². The van der Waals surface area contributed by atoms with E-state index in [9.17, 15) is 12.8 Å². The van der Waals surface area contributed by atoms with Gasteiger partial charge in [-0.05, 0) is 72.9 Å². The number of fused-ring (bicyclic) bond motifs is 1. The molecule has 1 fully saturated rings. The monoisotopic (exact) mass is 478 g/mol. The van der Waals surface area contributed by atoms with Crippen LogP contribution in [0, 0.1) is 5.82 Å². The van der Waals surface area contributed by atoms with E-state index in [1.807, 2.05) is 22.8 Å². The summed E-state index contributed by atoms with van der Waals surface area (Å²) in [7, 11) is -3.65. The Hall–Kier alpha value is -3.10. The van der Waals surface area contributed by atoms with Crippen LogP contribution in [0.15, 0.2) is 71.8 Å². The molecule has 1 N–H and O–H groups in total. The molecule has 0 unspecified atom stereocenters. The molecule has 6 nitrogen and oxygen atoms in total. The van der Waals surface area contributed by atoms with Gasteiger partial charge in [0.2, 0.25) is 10.0 Å². The summed E-state index contributed by atoms with van der Waals surface area (Å²) in [6.07, 6.45) is 7.79. The standard InChI is InChI=1S/C26H27FN4O2S/c27-22-12-8-21(9-13-22)25-30-24-7-4-16-28-26(24)31(25)18-17-29-34(32,33)23-14-10-20(11-15-23)19-5-2-1-3-6-19/h4,7-16,19,29H,1-3,5-6,17-18H2. The summed E-state index contributed by atoms with van der Waals surface area (Å²) in [6, 6.07) is 17.0. The van der Waals surface area contributed by atoms with Crippen molar-refractivity contribution in [3.05, 3.63) is 78.2 Å². The fraction of sp³-hybridized carbons (Fsp3) is 0.308. The third-order valence-corrected chi connectivity index (χ3v) is 7.98. The lowest BCUT2D eigenvalue weighted by molar-refractivity contribution is 0.443. The maximum absolute atomic E-state index is 13.4. The van der Waals surface area contributed by atoms with Crippen LogP contribution in [0.3, 0.4) is 0 Å². The Morgan fingerprint density at radius 1 is 0.971 bits per heavy atom. The molecule has 8 heteroatoms. The molecule has 176 valence electrons. The molecule has 4 aromatic rings. The van der Waals surface area contributed by atoms with Crippen LogP contribution >= 0.6 is 0 Å². The zero-order chi connectivity index (χ0) is 23.5. The number of pyridine rings is 1. The second-order valence-electron chi connectivity index (χ2n) is 8.74. The van der Waals surface area contributed by atoms with E-state index in [0.717, 1.165) is 5.56 Å². The average Bonchev–Trinajstić information content (AvgIpc) is 3.23. The molecule has 0 aliphatic heterocycles. The molecule has 0 atom stereocenters. The van der Waals surface area contributed by atoms with Gasteiger partial charge in [-0.1, -0.05) is 31.4 Å². The van der Waals surface area contributed by atoms with Gasteiger partial charge in [-0.2, -0.15) is 0 Å². The van der Waals surface area contributed by atoms with Crippen molar-refractivity contribution in [3.8, 4) is 11.4 Å². The second-order valence-corrected chi connectivity index (χ2v) is 10.5. The van der Waals surface area contributed by atoms with Crippen molar-refractivity contribution in [2.24, 2.45) is 0 Å². The number of hydrogen-bond donors (Lipinski definition) is 1. The molecule has 2 heterocycles. The Balaban J connectivity index is 1.32. The predicted octanol–water partition coefficient (Wildman–Crippen LogP) is 5.26. The molecule has 34 heavy (non-hydrogen) atoms. The van der Waals surface area contributed by atoms with Gasteiger partial charge in [0.1, 0.15) is 17.2 Å². The summed E-state index contributed by atoms with van der Waals surface area (Å²) in [6.45, 7) is 0.503. The van der Waals surface area contributed by atoms with Crippen molar-refractivity contribution in [2.75, 3.05) is 6.54 Å². The Kier molecular flexibility index (Phi) is 6.43. The number of nitrogens with one attached hydrogen (secondary N) is 1. The first-order valence-corrected chi connectivity index (χ1v) is 13.2. The van der Waals surface area contributed by atoms with Crippen LogP contribution in [0.4, 0.5) is 4.39 Å². The fourth-order valence-electron chi connectivity index (χ4n) is 4.72. The van der Waals surface area contributed by atoms with Crippen molar-refractivity contribution < 1.29 is 12.8 Å². The van der Waals surface area contributed by atoms with E-state index in [1.165, 1.54) is 49.8 Å². The van der Waals surface area contributed by atoms with Gasteiger partial charge in [0.15, 0.2) is 5.65 Å². The number of rotatable bonds is 7. The van der Waals surface area contributed by atoms with Crippen molar-refractivity contribution >= 4 is 21.2 Å². The van der Waals surface area contributed by atoms with Gasteiger partial charge in [0, 0.05) is 24.8 Å². The molecule has 0 spiro atoms. The zero-order valence-electron chi connectivity index (χ0n) is 18.8. The van der Waals surface area contributed by atoms with Crippen LogP contribution < -0.4 is 4.72 Å². The van der Waals surface area contributed by atoms with Crippen LogP contribution in [0.1, 0.15) is 43.6 Å². The minimum absolute atomic E-state index is 0.170. The largest absolute Gasteiger partial charge is 0.307 e. The molecule has 5 rings (SSSR count). The highest BCUT2D eigenvalue weighted by atomic mass is 32.2. The molecule has 2 aromatic carbocycles. The van der Waals surface area contributed by atoms with Crippen LogP contribution in [0.2, 0.25) is 0 Å². The van der Waals surface area contributed by atoms with Gasteiger partial charge >= 0.3 is 0 Å². The minimum Gasteiger partial charge on any atom is -0.307 e. The van der Waals surface area contributed by atoms with Crippen molar-refractivity contribution in [3.63, 3.8) is 0 Å². The normalized spacial score (nSPS) is 15.1. The second kappa shape index (κ2) is 9.64. The lowest BCUT2D eigenvalue weighted by Gasteiger charge is -2.22. The topological polar surface area (TPSA) is 76.9 Å². The van der Waals surface area contributed by atoms with Crippen molar-refractivity contribution in [1.29, 1.82) is 0 Å². The molecule has 0 amide bonds. The summed E-state index contributed by atoms with van der Waals surface area (Å²) in [5.41, 5.74) is 3.31. The number of imidazole rings is 1. The Morgan fingerprint density at radius 2 is 1.71 bits per heavy atom. The van der Waals surface area contributed by atoms with E-state index in [4.69, 9.17) is 0 Å². The summed E-state index contributed by atoms with van der Waals surface area (Å²) in [5, 5.41) is 0. The predicted molar refractivity (Wildman–Crippen MR) is 130 cm³/mol. The third kappa shape index (κ3) is 4.74. The highest BCUT2D eigenvalue weighted by Crippen LogP contribution is 2.33. The van der Waals surface area contributed by atoms with Gasteiger partial charge in [-0.25, -0.2) is 27.5 Å². The van der Waals surface area contributed by atoms with E-state index in [0.29, 0.717) is 29.5 Å². The van der Waals surface area contributed by atoms with Gasteiger partial charge in [-0.3, -0.25) is 0 Å². The summed E-state index contributed by atoms with van der Waals surface area (Å²) in [5.74, 6) is 0.821. The SMILES string of the molecule is O=S(=O)(NCCn1c(-c2ccc(F)cc2)nc2cccnc21)c1ccc(C2CCCCC2)cc1. The number of aromatic nitrogens is 3. The van der Waals surface area contributed by atoms with Crippen molar-refractivity contribution in [2.45, 2.75) is 49.5 Å². The summed E-state index contributed by atoms with van der Waals surface area (Å²) < 4.78 is 43.8. The first-order chi connectivity index (χ1) is 16.5. The molecule has 0 bridgehead atoms. The molecule has 0 radical (unpaired) electrons. The molecule has 1 saturated carbocycles. The van der Waals surface area contributed by atoms with E-state index < -0.39 is 10.0 Å². The molecular weight excluding hydrogens is 451 g/mol. The Morgan fingerprint density at radius 3 is 2.44 bits per heavy atom. The lowest BCUT2D eigenvalue weighted by atomic mass is 9.84. The number of hydrogen-bond acceptors (Lipinski definition) is 4. The van der Waals surface area contributed by atoms with Gasteiger partial charge in [0.05, 0.1) is 4.90 Å². The maximum Gasteiger partial charge on any atom is 0.240 e. The lowest BCUT2D eigenvalue weighted by Crippen LogP contribution is -2.27. The van der Waals surface area contributed by atoms with E-state index in [1.54, 1.807) is 36.5 Å². The molecule has 0 saturated heterocycles. The number of halogens is 1. The quantitative estimate of drug-likeness (QED) is 0.393. The smallest absolute Gasteiger partial charge is 0.240 e. The zero-order valence-corrected chi connectivity index (χ0v) is 19.6. The number of sulfonamides is 1. The number of benzene rings is 2. The molecule has 1 aliphatic carbocycles. The third-order valence-electron chi connectivity index (χ3n) is 6.50. The first-order valence-electron chi connectivity index (χ1n) is 11.7. The van der Waals surface area contributed by atoms with Crippen LogP contribution in [0.5, 0.6) is 0 Å². The van der Waals surface area contributed by atoms with Gasteiger partial charge in [0.25, 0.3) is 0 Å². The number of nitrogens with zero attached hydrogens (tertiary/aromatic N) is 3. The first kappa shape index (κ1) is 22.7. The molecular formula is C26H27FN4O2S. The highest BCUT2D eigenvalue weighted by molar-refractivity contribution is 7.89. The summed E-state index contributed by atoms with van der Waals surface area (Å²) in [4.78, 5) is 9.33. The van der Waals surface area contributed by atoms with E-state index in [2.05, 4.69) is 14.7 Å². The van der Waals surface area contributed by atoms with Gasteiger partial charge in [-0.15, -0.1) is 0 Å². The minimum atomic E-state index is -3.65.